The molecule has 7 heteroatoms. The van der Waals surface area contributed by atoms with Crippen molar-refractivity contribution in [3.8, 4) is 22.9 Å². The first-order chi connectivity index (χ1) is 17.1. The molecule has 4 fully saturated rings. The molecule has 0 unspecified atom stereocenters. The average Bonchev–Trinajstić information content (AvgIpc) is 3.49. The molecule has 35 heavy (non-hydrogen) atoms. The van der Waals surface area contributed by atoms with Crippen LogP contribution in [0, 0.1) is 23.2 Å². The predicted octanol–water partition coefficient (Wildman–Crippen LogP) is 5.60. The van der Waals surface area contributed by atoms with E-state index in [1.54, 1.807) is 11.8 Å². The third kappa shape index (κ3) is 3.84. The molecule has 0 atom stereocenters. The third-order valence-corrected chi connectivity index (χ3v) is 9.46. The fourth-order valence-electron chi connectivity index (χ4n) is 7.30. The number of carbonyl (C=O) groups excluding carboxylic acids is 1. The largest absolute Gasteiger partial charge is 0.454 e. The van der Waals surface area contributed by atoms with Gasteiger partial charge in [0.2, 0.25) is 6.79 Å². The lowest BCUT2D eigenvalue weighted by Crippen LogP contribution is -2.50. The number of nitrogens with zero attached hydrogens (tertiary/aromatic N) is 3. The lowest BCUT2D eigenvalue weighted by atomic mass is 9.48. The van der Waals surface area contributed by atoms with Gasteiger partial charge in [-0.05, 0) is 74.0 Å². The van der Waals surface area contributed by atoms with E-state index in [0.29, 0.717) is 18.1 Å². The van der Waals surface area contributed by atoms with Gasteiger partial charge in [0.25, 0.3) is 0 Å². The first-order valence-corrected chi connectivity index (χ1v) is 13.7. The zero-order valence-corrected chi connectivity index (χ0v) is 20.5. The molecule has 6 nitrogen and oxygen atoms in total. The van der Waals surface area contributed by atoms with Crippen molar-refractivity contribution in [1.82, 2.24) is 14.8 Å². The van der Waals surface area contributed by atoms with Crippen LogP contribution < -0.4 is 9.47 Å². The third-order valence-electron chi connectivity index (χ3n) is 8.49. The van der Waals surface area contributed by atoms with Gasteiger partial charge in [-0.3, -0.25) is 9.36 Å². The van der Waals surface area contributed by atoms with Crippen molar-refractivity contribution in [1.29, 1.82) is 0 Å². The fourth-order valence-corrected chi connectivity index (χ4v) is 8.27. The van der Waals surface area contributed by atoms with Crippen LogP contribution in [0.1, 0.15) is 44.1 Å². The van der Waals surface area contributed by atoms with Crippen LogP contribution in [0.2, 0.25) is 0 Å². The molecule has 0 radical (unpaired) electrons. The summed E-state index contributed by atoms with van der Waals surface area (Å²) in [5, 5.41) is 9.89. The summed E-state index contributed by atoms with van der Waals surface area (Å²) >= 11 is 1.55. The van der Waals surface area contributed by atoms with E-state index in [9.17, 15) is 4.79 Å². The number of aromatic nitrogens is 3. The van der Waals surface area contributed by atoms with Gasteiger partial charge in [0.05, 0.1) is 12.3 Å². The highest BCUT2D eigenvalue weighted by atomic mass is 32.2. The molecule has 0 spiro atoms. The molecular weight excluding hydrogens is 458 g/mol. The molecule has 0 saturated heterocycles. The number of carbonyl (C=O) groups is 1. The normalized spacial score (nSPS) is 27.9. The molecule has 5 aliphatic rings. The quantitative estimate of drug-likeness (QED) is 0.404. The second-order valence-corrected chi connectivity index (χ2v) is 11.8. The Bertz CT molecular complexity index is 1240. The molecule has 4 bridgehead atoms. The smallest absolute Gasteiger partial charge is 0.231 e. The maximum atomic E-state index is 13.6. The van der Waals surface area contributed by atoms with Crippen molar-refractivity contribution < 1.29 is 14.3 Å². The number of benzene rings is 2. The summed E-state index contributed by atoms with van der Waals surface area (Å²) in [6, 6.07) is 16.2. The molecule has 2 heterocycles. The minimum absolute atomic E-state index is 0.0772. The van der Waals surface area contributed by atoms with Gasteiger partial charge in [-0.2, -0.15) is 0 Å². The molecule has 8 rings (SSSR count). The number of rotatable bonds is 7. The van der Waals surface area contributed by atoms with E-state index in [0.717, 1.165) is 70.6 Å². The Labute approximate surface area is 209 Å². The number of hydrogen-bond acceptors (Lipinski definition) is 6. The second kappa shape index (κ2) is 8.40. The Morgan fingerprint density at radius 3 is 2.40 bits per heavy atom. The van der Waals surface area contributed by atoms with Crippen LogP contribution in [0.15, 0.2) is 53.7 Å². The SMILES string of the molecule is O=C(CSc1nnc(-c2ccccc2)n1Cc1ccc2c(c1)OCO2)C12CC3CC(CC(C3)C1)C2. The van der Waals surface area contributed by atoms with Crippen molar-refractivity contribution in [3.63, 3.8) is 0 Å². The van der Waals surface area contributed by atoms with Crippen LogP contribution in [-0.2, 0) is 11.3 Å². The number of ketones is 1. The fraction of sp³-hybridized carbons (Fsp3) is 0.464. The standard InChI is InChI=1S/C28H29N3O3S/c32-25(28-12-19-8-20(13-28)10-21(9-19)14-28)16-35-27-30-29-26(22-4-2-1-3-5-22)31(27)15-18-6-7-23-24(11-18)34-17-33-23/h1-7,11,19-21H,8-10,12-17H2. The summed E-state index contributed by atoms with van der Waals surface area (Å²) in [7, 11) is 0. The number of hydrogen-bond donors (Lipinski definition) is 0. The van der Waals surface area contributed by atoms with Gasteiger partial charge in [0.15, 0.2) is 22.5 Å². The van der Waals surface area contributed by atoms with E-state index < -0.39 is 0 Å². The Hall–Kier alpha value is -2.80. The Balaban J connectivity index is 1.15. The number of thioether (sulfide) groups is 1. The van der Waals surface area contributed by atoms with Gasteiger partial charge in [0, 0.05) is 11.0 Å². The minimum atomic E-state index is -0.0772. The zero-order valence-electron chi connectivity index (χ0n) is 19.7. The lowest BCUT2D eigenvalue weighted by Gasteiger charge is -2.56. The van der Waals surface area contributed by atoms with E-state index in [2.05, 4.69) is 33.0 Å². The first kappa shape index (κ1) is 21.5. The molecule has 0 N–H and O–H groups in total. The Kier molecular flexibility index (Phi) is 5.16. The molecule has 1 aliphatic heterocycles. The van der Waals surface area contributed by atoms with Gasteiger partial charge in [-0.15, -0.1) is 10.2 Å². The Morgan fingerprint density at radius 2 is 1.66 bits per heavy atom. The van der Waals surface area contributed by atoms with Gasteiger partial charge in [-0.25, -0.2) is 0 Å². The van der Waals surface area contributed by atoms with Crippen LogP contribution in [0.3, 0.4) is 0 Å². The summed E-state index contributed by atoms with van der Waals surface area (Å²) in [4.78, 5) is 13.6. The monoisotopic (exact) mass is 487 g/mol. The first-order valence-electron chi connectivity index (χ1n) is 12.7. The summed E-state index contributed by atoms with van der Waals surface area (Å²) < 4.78 is 13.2. The van der Waals surface area contributed by atoms with Gasteiger partial charge >= 0.3 is 0 Å². The number of ether oxygens (including phenoxy) is 2. The summed E-state index contributed by atoms with van der Waals surface area (Å²) in [5.41, 5.74) is 2.02. The topological polar surface area (TPSA) is 66.2 Å². The van der Waals surface area contributed by atoms with E-state index >= 15 is 0 Å². The van der Waals surface area contributed by atoms with Crippen LogP contribution in [0.25, 0.3) is 11.4 Å². The van der Waals surface area contributed by atoms with Crippen molar-refractivity contribution in [3.05, 3.63) is 54.1 Å². The summed E-state index contributed by atoms with van der Waals surface area (Å²) in [5.74, 6) is 5.58. The molecule has 2 aromatic carbocycles. The lowest BCUT2D eigenvalue weighted by molar-refractivity contribution is -0.141. The highest BCUT2D eigenvalue weighted by Crippen LogP contribution is 2.60. The van der Waals surface area contributed by atoms with Crippen molar-refractivity contribution in [2.24, 2.45) is 23.2 Å². The van der Waals surface area contributed by atoms with Crippen LogP contribution in [0.4, 0.5) is 0 Å². The van der Waals surface area contributed by atoms with E-state index in [-0.39, 0.29) is 12.2 Å². The average molecular weight is 488 g/mol. The second-order valence-electron chi connectivity index (χ2n) is 10.9. The maximum absolute atomic E-state index is 13.6. The highest BCUT2D eigenvalue weighted by molar-refractivity contribution is 7.99. The molecule has 4 saturated carbocycles. The molecule has 3 aromatic rings. The van der Waals surface area contributed by atoms with E-state index in [4.69, 9.17) is 9.47 Å². The highest BCUT2D eigenvalue weighted by Gasteiger charge is 2.54. The summed E-state index contributed by atoms with van der Waals surface area (Å²) in [6.07, 6.45) is 7.38. The van der Waals surface area contributed by atoms with Crippen LogP contribution in [-0.4, -0.2) is 33.1 Å². The number of Topliss-reactive ketones (excluding diaryl/α,β-unsaturated/α-hetero) is 1. The van der Waals surface area contributed by atoms with Gasteiger partial charge < -0.3 is 9.47 Å². The zero-order chi connectivity index (χ0) is 23.4. The van der Waals surface area contributed by atoms with Crippen molar-refractivity contribution in [2.75, 3.05) is 12.5 Å². The van der Waals surface area contributed by atoms with Crippen molar-refractivity contribution >= 4 is 17.5 Å². The molecular formula is C28H29N3O3S. The summed E-state index contributed by atoms with van der Waals surface area (Å²) in [6.45, 7) is 0.857. The van der Waals surface area contributed by atoms with Crippen LogP contribution >= 0.6 is 11.8 Å². The maximum Gasteiger partial charge on any atom is 0.231 e. The van der Waals surface area contributed by atoms with Crippen molar-refractivity contribution in [2.45, 2.75) is 50.2 Å². The molecule has 0 amide bonds. The Morgan fingerprint density at radius 1 is 0.943 bits per heavy atom. The number of fused-ring (bicyclic) bond motifs is 1. The van der Waals surface area contributed by atoms with E-state index in [1.165, 1.54) is 19.3 Å². The molecule has 180 valence electrons. The van der Waals surface area contributed by atoms with Crippen LogP contribution in [0.5, 0.6) is 11.5 Å². The molecule has 1 aromatic heterocycles. The molecule has 4 aliphatic carbocycles. The van der Waals surface area contributed by atoms with Gasteiger partial charge in [0.1, 0.15) is 5.78 Å². The predicted molar refractivity (Wildman–Crippen MR) is 133 cm³/mol. The van der Waals surface area contributed by atoms with E-state index in [1.807, 2.05) is 30.3 Å². The minimum Gasteiger partial charge on any atom is -0.454 e. The van der Waals surface area contributed by atoms with Gasteiger partial charge in [-0.1, -0.05) is 48.2 Å².